The van der Waals surface area contributed by atoms with E-state index in [0.29, 0.717) is 0 Å². The maximum atomic E-state index is 3.58. The molecule has 0 amide bonds. The van der Waals surface area contributed by atoms with Crippen molar-refractivity contribution in [1.29, 1.82) is 0 Å². The van der Waals surface area contributed by atoms with Gasteiger partial charge in [-0.05, 0) is 29.3 Å². The van der Waals surface area contributed by atoms with Crippen molar-refractivity contribution in [2.45, 2.75) is 6.42 Å². The first kappa shape index (κ1) is 12.3. The minimum Gasteiger partial charge on any atom is -0.0619 e. The monoisotopic (exact) mass is 402 g/mol. The lowest BCUT2D eigenvalue weighted by Gasteiger charge is -2.08. The first-order chi connectivity index (χ1) is 7.68. The van der Waals surface area contributed by atoms with E-state index in [-0.39, 0.29) is 0 Å². The largest absolute Gasteiger partial charge is 0.0619 e. The van der Waals surface area contributed by atoms with Crippen LogP contribution in [0.1, 0.15) is 11.1 Å². The summed E-state index contributed by atoms with van der Waals surface area (Å²) >= 11 is 10.7. The Morgan fingerprint density at radius 3 is 1.88 bits per heavy atom. The van der Waals surface area contributed by atoms with Crippen molar-refractivity contribution in [2.24, 2.45) is 0 Å². The molecular weight excluding hydrogens is 396 g/mol. The molecule has 2 aromatic carbocycles. The fourth-order valence-electron chi connectivity index (χ4n) is 1.53. The highest BCUT2D eigenvalue weighted by Crippen LogP contribution is 2.29. The zero-order valence-corrected chi connectivity index (χ0v) is 13.1. The molecule has 0 atom stereocenters. The normalized spacial score (nSPS) is 10.4. The summed E-state index contributed by atoms with van der Waals surface area (Å²) in [6.07, 6.45) is 0.906. The predicted octanol–water partition coefficient (Wildman–Crippen LogP) is 5.56. The maximum Gasteiger partial charge on any atom is 0.0221 e. The number of hydrogen-bond donors (Lipinski definition) is 0. The third-order valence-corrected chi connectivity index (χ3v) is 4.65. The SMILES string of the molecule is Brc1ccccc1Cc1c(Br)cccc1Br. The lowest BCUT2D eigenvalue weighted by molar-refractivity contribution is 1.15. The molecule has 0 aromatic heterocycles. The molecule has 0 spiro atoms. The second kappa shape index (κ2) is 5.48. The van der Waals surface area contributed by atoms with Crippen LogP contribution in [0, 0.1) is 0 Å². The van der Waals surface area contributed by atoms with Gasteiger partial charge in [-0.3, -0.25) is 0 Å². The number of halogens is 3. The van der Waals surface area contributed by atoms with Crippen molar-refractivity contribution in [1.82, 2.24) is 0 Å². The summed E-state index contributed by atoms with van der Waals surface area (Å²) in [6, 6.07) is 14.5. The molecule has 0 heterocycles. The average Bonchev–Trinajstić information content (AvgIpc) is 2.26. The molecular formula is C13H9Br3. The molecule has 16 heavy (non-hydrogen) atoms. The maximum absolute atomic E-state index is 3.58. The molecule has 0 saturated heterocycles. The molecule has 0 nitrogen and oxygen atoms in total. The van der Waals surface area contributed by atoms with Crippen LogP contribution in [0.3, 0.4) is 0 Å². The molecule has 3 heteroatoms. The van der Waals surface area contributed by atoms with E-state index >= 15 is 0 Å². The summed E-state index contributed by atoms with van der Waals surface area (Å²) in [4.78, 5) is 0. The minimum absolute atomic E-state index is 0.906. The molecule has 2 aromatic rings. The lowest BCUT2D eigenvalue weighted by Crippen LogP contribution is -1.92. The van der Waals surface area contributed by atoms with Crippen LogP contribution in [0.4, 0.5) is 0 Å². The van der Waals surface area contributed by atoms with Crippen LogP contribution < -0.4 is 0 Å². The summed E-state index contributed by atoms with van der Waals surface area (Å²) in [5, 5.41) is 0. The van der Waals surface area contributed by atoms with E-state index in [0.717, 1.165) is 19.8 Å². The number of hydrogen-bond acceptors (Lipinski definition) is 0. The van der Waals surface area contributed by atoms with Gasteiger partial charge < -0.3 is 0 Å². The van der Waals surface area contributed by atoms with Gasteiger partial charge in [0.15, 0.2) is 0 Å². The first-order valence-corrected chi connectivity index (χ1v) is 7.22. The molecule has 0 fully saturated rings. The van der Waals surface area contributed by atoms with Crippen LogP contribution in [0.2, 0.25) is 0 Å². The molecule has 0 bridgehead atoms. The standard InChI is InChI=1S/C13H9Br3/c14-11-5-2-1-4-9(11)8-10-12(15)6-3-7-13(10)16/h1-7H,8H2. The van der Waals surface area contributed by atoms with Crippen LogP contribution >= 0.6 is 47.8 Å². The Hall–Kier alpha value is -0.120. The zero-order valence-electron chi connectivity index (χ0n) is 8.38. The predicted molar refractivity (Wildman–Crippen MR) is 78.8 cm³/mol. The Bertz CT molecular complexity index is 486. The van der Waals surface area contributed by atoms with Gasteiger partial charge in [-0.1, -0.05) is 72.1 Å². The van der Waals surface area contributed by atoms with E-state index in [9.17, 15) is 0 Å². The van der Waals surface area contributed by atoms with E-state index < -0.39 is 0 Å². The van der Waals surface area contributed by atoms with Crippen molar-refractivity contribution in [2.75, 3.05) is 0 Å². The molecule has 2 rings (SSSR count). The third-order valence-electron chi connectivity index (χ3n) is 2.39. The molecule has 0 aliphatic rings. The van der Waals surface area contributed by atoms with Gasteiger partial charge in [0.2, 0.25) is 0 Å². The van der Waals surface area contributed by atoms with Gasteiger partial charge in [-0.15, -0.1) is 0 Å². The zero-order chi connectivity index (χ0) is 11.5. The molecule has 0 aliphatic carbocycles. The summed E-state index contributed by atoms with van der Waals surface area (Å²) < 4.78 is 3.42. The van der Waals surface area contributed by atoms with Gasteiger partial charge in [0.25, 0.3) is 0 Å². The third kappa shape index (κ3) is 2.76. The lowest BCUT2D eigenvalue weighted by atomic mass is 10.1. The number of rotatable bonds is 2. The van der Waals surface area contributed by atoms with E-state index in [4.69, 9.17) is 0 Å². The van der Waals surface area contributed by atoms with Crippen molar-refractivity contribution < 1.29 is 0 Å². The van der Waals surface area contributed by atoms with Crippen LogP contribution in [-0.4, -0.2) is 0 Å². The smallest absolute Gasteiger partial charge is 0.0221 e. The summed E-state index contributed by atoms with van der Waals surface area (Å²) in [7, 11) is 0. The second-order valence-electron chi connectivity index (χ2n) is 3.47. The first-order valence-electron chi connectivity index (χ1n) is 4.85. The van der Waals surface area contributed by atoms with E-state index in [1.54, 1.807) is 0 Å². The Kier molecular flexibility index (Phi) is 4.22. The highest BCUT2D eigenvalue weighted by Gasteiger charge is 2.07. The Labute approximate surface area is 120 Å². The van der Waals surface area contributed by atoms with Crippen molar-refractivity contribution in [3.63, 3.8) is 0 Å². The fraction of sp³-hybridized carbons (Fsp3) is 0.0769. The van der Waals surface area contributed by atoms with E-state index in [2.05, 4.69) is 78.1 Å². The van der Waals surface area contributed by atoms with Crippen LogP contribution in [0.15, 0.2) is 55.9 Å². The number of benzene rings is 2. The van der Waals surface area contributed by atoms with Crippen LogP contribution in [-0.2, 0) is 6.42 Å². The Balaban J connectivity index is 2.38. The van der Waals surface area contributed by atoms with Gasteiger partial charge in [0.1, 0.15) is 0 Å². The van der Waals surface area contributed by atoms with Gasteiger partial charge in [0.05, 0.1) is 0 Å². The molecule has 0 aliphatic heterocycles. The van der Waals surface area contributed by atoms with Crippen molar-refractivity contribution >= 4 is 47.8 Å². The van der Waals surface area contributed by atoms with E-state index in [1.807, 2.05) is 12.1 Å². The van der Waals surface area contributed by atoms with Crippen LogP contribution in [0.5, 0.6) is 0 Å². The average molecular weight is 405 g/mol. The molecule has 0 N–H and O–H groups in total. The molecule has 0 unspecified atom stereocenters. The second-order valence-corrected chi connectivity index (χ2v) is 6.03. The van der Waals surface area contributed by atoms with Crippen LogP contribution in [0.25, 0.3) is 0 Å². The molecule has 82 valence electrons. The van der Waals surface area contributed by atoms with Gasteiger partial charge in [-0.2, -0.15) is 0 Å². The highest BCUT2D eigenvalue weighted by molar-refractivity contribution is 9.11. The summed E-state index contributed by atoms with van der Waals surface area (Å²) in [6.45, 7) is 0. The topological polar surface area (TPSA) is 0 Å². The summed E-state index contributed by atoms with van der Waals surface area (Å²) in [5.74, 6) is 0. The minimum atomic E-state index is 0.906. The molecule has 0 radical (unpaired) electrons. The Morgan fingerprint density at radius 2 is 1.25 bits per heavy atom. The highest BCUT2D eigenvalue weighted by atomic mass is 79.9. The summed E-state index contributed by atoms with van der Waals surface area (Å²) in [5.41, 5.74) is 2.56. The quantitative estimate of drug-likeness (QED) is 0.614. The van der Waals surface area contributed by atoms with Gasteiger partial charge in [0, 0.05) is 19.8 Å². The van der Waals surface area contributed by atoms with Crippen molar-refractivity contribution in [3.05, 3.63) is 67.0 Å². The van der Waals surface area contributed by atoms with Gasteiger partial charge in [-0.25, -0.2) is 0 Å². The van der Waals surface area contributed by atoms with E-state index in [1.165, 1.54) is 11.1 Å². The Morgan fingerprint density at radius 1 is 0.688 bits per heavy atom. The fourth-order valence-corrected chi connectivity index (χ4v) is 3.24. The molecule has 0 saturated carbocycles. The van der Waals surface area contributed by atoms with Gasteiger partial charge >= 0.3 is 0 Å². The van der Waals surface area contributed by atoms with Crippen molar-refractivity contribution in [3.8, 4) is 0 Å².